The van der Waals surface area contributed by atoms with Crippen LogP contribution in [0, 0.1) is 0 Å². The second kappa shape index (κ2) is 11.1. The zero-order valence-corrected chi connectivity index (χ0v) is 29.4. The molecule has 0 atom stereocenters. The quantitative estimate of drug-likeness (QED) is 0.190. The average molecular weight is 672 g/mol. The standard InChI is InChI=1S/C48H37N3O/c1-47(2,3)33-20-24-42-43(28-33)51(46(50-42)31-11-5-4-6-12-31)35-22-17-30(18-23-35)32-19-25-44-40(27-32)48(41-29-34(49)21-26-45(41)52-44)38-15-9-7-13-36(38)37-14-8-10-16-39(37)48/h4-29H,49H2,1-3H3. The predicted octanol–water partition coefficient (Wildman–Crippen LogP) is 11.7. The Labute approximate surface area is 303 Å². The molecule has 0 bridgehead atoms. The lowest BCUT2D eigenvalue weighted by Crippen LogP contribution is -2.32. The van der Waals surface area contributed by atoms with Crippen LogP contribution in [0.15, 0.2) is 158 Å². The number of nitrogen functional groups attached to an aromatic ring is 1. The van der Waals surface area contributed by atoms with Gasteiger partial charge < -0.3 is 10.5 Å². The molecule has 2 N–H and O–H groups in total. The number of ether oxygens (including phenoxy) is 1. The van der Waals surface area contributed by atoms with E-state index in [1.807, 2.05) is 18.2 Å². The molecule has 1 aliphatic heterocycles. The van der Waals surface area contributed by atoms with E-state index in [4.69, 9.17) is 15.5 Å². The summed E-state index contributed by atoms with van der Waals surface area (Å²) in [5.41, 5.74) is 21.6. The molecular formula is C48H37N3O. The number of nitrogens with two attached hydrogens (primary N) is 1. The Hall–Kier alpha value is -6.39. The van der Waals surface area contributed by atoms with Gasteiger partial charge in [-0.05, 0) is 99.0 Å². The van der Waals surface area contributed by atoms with Crippen molar-refractivity contribution in [3.63, 3.8) is 0 Å². The largest absolute Gasteiger partial charge is 0.457 e. The lowest BCUT2D eigenvalue weighted by atomic mass is 9.65. The van der Waals surface area contributed by atoms with Crippen LogP contribution in [0.4, 0.5) is 5.69 Å². The van der Waals surface area contributed by atoms with Gasteiger partial charge in [0, 0.05) is 28.1 Å². The molecular weight excluding hydrogens is 635 g/mol. The first-order chi connectivity index (χ1) is 25.3. The van der Waals surface area contributed by atoms with E-state index in [0.29, 0.717) is 0 Å². The first-order valence-electron chi connectivity index (χ1n) is 17.9. The summed E-state index contributed by atoms with van der Waals surface area (Å²) in [6.07, 6.45) is 0. The van der Waals surface area contributed by atoms with Crippen molar-refractivity contribution >= 4 is 16.7 Å². The maximum atomic E-state index is 6.67. The van der Waals surface area contributed by atoms with E-state index in [-0.39, 0.29) is 5.41 Å². The smallest absolute Gasteiger partial charge is 0.145 e. The summed E-state index contributed by atoms with van der Waals surface area (Å²) in [6, 6.07) is 56.2. The van der Waals surface area contributed by atoms with Crippen LogP contribution in [0.2, 0.25) is 0 Å². The molecule has 7 aromatic carbocycles. The molecule has 0 saturated carbocycles. The second-order valence-corrected chi connectivity index (χ2v) is 15.0. The summed E-state index contributed by atoms with van der Waals surface area (Å²) in [7, 11) is 0. The zero-order chi connectivity index (χ0) is 35.2. The molecule has 8 aromatic rings. The molecule has 10 rings (SSSR count). The number of nitrogens with zero attached hydrogens (tertiary/aromatic N) is 2. The van der Waals surface area contributed by atoms with Gasteiger partial charge >= 0.3 is 0 Å². The molecule has 1 aliphatic carbocycles. The van der Waals surface area contributed by atoms with Gasteiger partial charge in [-0.25, -0.2) is 4.98 Å². The van der Waals surface area contributed by atoms with Gasteiger partial charge in [0.25, 0.3) is 0 Å². The van der Waals surface area contributed by atoms with Gasteiger partial charge in [0.1, 0.15) is 17.3 Å². The highest BCUT2D eigenvalue weighted by Gasteiger charge is 2.51. The van der Waals surface area contributed by atoms with Crippen LogP contribution in [0.3, 0.4) is 0 Å². The average Bonchev–Trinajstić information content (AvgIpc) is 3.70. The minimum absolute atomic E-state index is 0.0141. The molecule has 0 radical (unpaired) electrons. The molecule has 4 nitrogen and oxygen atoms in total. The van der Waals surface area contributed by atoms with Gasteiger partial charge in [0.15, 0.2) is 0 Å². The minimum Gasteiger partial charge on any atom is -0.457 e. The third kappa shape index (κ3) is 4.37. The third-order valence-electron chi connectivity index (χ3n) is 11.0. The van der Waals surface area contributed by atoms with E-state index in [0.717, 1.165) is 67.5 Å². The number of benzene rings is 7. The monoisotopic (exact) mass is 671 g/mol. The number of anilines is 1. The van der Waals surface area contributed by atoms with Crippen molar-refractivity contribution in [2.75, 3.05) is 5.73 Å². The van der Waals surface area contributed by atoms with E-state index < -0.39 is 5.41 Å². The maximum absolute atomic E-state index is 6.67. The van der Waals surface area contributed by atoms with Crippen LogP contribution in [0.1, 0.15) is 48.6 Å². The molecule has 2 aliphatic rings. The molecule has 52 heavy (non-hydrogen) atoms. The Morgan fingerprint density at radius 3 is 1.87 bits per heavy atom. The Kier molecular flexibility index (Phi) is 6.47. The van der Waals surface area contributed by atoms with Gasteiger partial charge in [-0.3, -0.25) is 4.57 Å². The number of imidazole rings is 1. The van der Waals surface area contributed by atoms with Crippen LogP contribution < -0.4 is 10.5 Å². The highest BCUT2D eigenvalue weighted by molar-refractivity contribution is 5.90. The van der Waals surface area contributed by atoms with Crippen molar-refractivity contribution in [3.05, 3.63) is 186 Å². The summed E-state index contributed by atoms with van der Waals surface area (Å²) in [4.78, 5) is 5.15. The van der Waals surface area contributed by atoms with Crippen LogP contribution in [0.5, 0.6) is 11.5 Å². The zero-order valence-electron chi connectivity index (χ0n) is 29.4. The fourth-order valence-electron chi connectivity index (χ4n) is 8.49. The fourth-order valence-corrected chi connectivity index (χ4v) is 8.49. The summed E-state index contributed by atoms with van der Waals surface area (Å²) in [5, 5.41) is 0. The molecule has 0 unspecified atom stereocenters. The molecule has 2 heterocycles. The summed E-state index contributed by atoms with van der Waals surface area (Å²) < 4.78 is 8.97. The summed E-state index contributed by atoms with van der Waals surface area (Å²) >= 11 is 0. The lowest BCUT2D eigenvalue weighted by molar-refractivity contribution is 0.436. The van der Waals surface area contributed by atoms with Crippen LogP contribution in [0.25, 0.3) is 50.4 Å². The van der Waals surface area contributed by atoms with Crippen molar-refractivity contribution in [1.29, 1.82) is 0 Å². The van der Waals surface area contributed by atoms with Gasteiger partial charge in [-0.15, -0.1) is 0 Å². The van der Waals surface area contributed by atoms with Crippen molar-refractivity contribution < 1.29 is 4.74 Å². The van der Waals surface area contributed by atoms with Crippen molar-refractivity contribution in [1.82, 2.24) is 9.55 Å². The molecule has 4 heteroatoms. The Bertz CT molecular complexity index is 2650. The van der Waals surface area contributed by atoms with Gasteiger partial charge in [0.2, 0.25) is 0 Å². The van der Waals surface area contributed by atoms with Crippen molar-refractivity contribution in [3.8, 4) is 50.8 Å². The Morgan fingerprint density at radius 1 is 0.558 bits per heavy atom. The molecule has 0 fully saturated rings. The number of fused-ring (bicyclic) bond motifs is 10. The van der Waals surface area contributed by atoms with E-state index in [1.165, 1.54) is 27.8 Å². The van der Waals surface area contributed by atoms with E-state index in [2.05, 4.69) is 165 Å². The van der Waals surface area contributed by atoms with E-state index >= 15 is 0 Å². The summed E-state index contributed by atoms with van der Waals surface area (Å²) in [5.74, 6) is 2.62. The highest BCUT2D eigenvalue weighted by atomic mass is 16.5. The minimum atomic E-state index is -0.577. The number of hydrogen-bond acceptors (Lipinski definition) is 3. The van der Waals surface area contributed by atoms with Gasteiger partial charge in [0.05, 0.1) is 16.4 Å². The van der Waals surface area contributed by atoms with Crippen molar-refractivity contribution in [2.24, 2.45) is 0 Å². The van der Waals surface area contributed by atoms with E-state index in [9.17, 15) is 0 Å². The van der Waals surface area contributed by atoms with Crippen LogP contribution in [-0.4, -0.2) is 9.55 Å². The second-order valence-electron chi connectivity index (χ2n) is 15.0. The topological polar surface area (TPSA) is 53.1 Å². The van der Waals surface area contributed by atoms with Gasteiger partial charge in [-0.2, -0.15) is 0 Å². The fraction of sp³-hybridized carbons (Fsp3) is 0.104. The number of aromatic nitrogens is 2. The van der Waals surface area contributed by atoms with Crippen LogP contribution >= 0.6 is 0 Å². The first-order valence-corrected chi connectivity index (χ1v) is 17.9. The lowest BCUT2D eigenvalue weighted by Gasteiger charge is -2.39. The third-order valence-corrected chi connectivity index (χ3v) is 11.0. The predicted molar refractivity (Wildman–Crippen MR) is 212 cm³/mol. The summed E-state index contributed by atoms with van der Waals surface area (Å²) in [6.45, 7) is 6.77. The number of rotatable bonds is 3. The molecule has 0 saturated heterocycles. The normalized spacial score (nSPS) is 13.7. The number of hydrogen-bond donors (Lipinski definition) is 1. The molecule has 1 spiro atoms. The molecule has 250 valence electrons. The highest BCUT2D eigenvalue weighted by Crippen LogP contribution is 2.62. The molecule has 0 amide bonds. The maximum Gasteiger partial charge on any atom is 0.145 e. The van der Waals surface area contributed by atoms with E-state index in [1.54, 1.807) is 0 Å². The van der Waals surface area contributed by atoms with Gasteiger partial charge in [-0.1, -0.05) is 124 Å². The SMILES string of the molecule is CC(C)(C)c1ccc2nc(-c3ccccc3)n(-c3ccc(-c4ccc5c(c4)C4(c6cc(N)ccc6O5)c5ccccc5-c5ccccc54)cc3)c2c1. The first kappa shape index (κ1) is 30.4. The Morgan fingerprint density at radius 2 is 1.17 bits per heavy atom. The van der Waals surface area contributed by atoms with Crippen molar-refractivity contribution in [2.45, 2.75) is 31.6 Å². The molecule has 1 aromatic heterocycles. The van der Waals surface area contributed by atoms with Crippen LogP contribution in [-0.2, 0) is 10.8 Å². The Balaban J connectivity index is 1.15.